The lowest BCUT2D eigenvalue weighted by atomic mass is 10.3. The second-order valence-corrected chi connectivity index (χ2v) is 6.65. The fourth-order valence-corrected chi connectivity index (χ4v) is 2.81. The lowest BCUT2D eigenvalue weighted by Crippen LogP contribution is -2.32. The molecule has 2 heterocycles. The van der Waals surface area contributed by atoms with Gasteiger partial charge in [-0.2, -0.15) is 4.99 Å². The Morgan fingerprint density at radius 3 is 2.46 bits per heavy atom. The molecule has 1 aliphatic rings. The number of guanidine groups is 1. The van der Waals surface area contributed by atoms with Gasteiger partial charge in [0.2, 0.25) is 5.96 Å². The van der Waals surface area contributed by atoms with Gasteiger partial charge in [-0.25, -0.2) is 19.7 Å². The minimum Gasteiger partial charge on any atom is -0.466 e. The number of ether oxygens (including phenoxy) is 1. The number of hydrogen-bond acceptors (Lipinski definition) is 6. The lowest BCUT2D eigenvalue weighted by Gasteiger charge is -2.15. The standard InChI is InChI=1S/C18H15Cl2N5O3/c1-9-6-10(2)22-17(21-9)24-18-23-14(8-15(26)28-3)16(27)25(18)11-4-5-12(19)13(20)7-11/h4-8H,1-3H3,(H,21,22,23,24)/b14-8-. The van der Waals surface area contributed by atoms with Gasteiger partial charge in [0.1, 0.15) is 5.70 Å². The number of esters is 1. The van der Waals surface area contributed by atoms with E-state index in [1.165, 1.54) is 18.1 Å². The highest BCUT2D eigenvalue weighted by molar-refractivity contribution is 6.42. The molecule has 1 aromatic heterocycles. The summed E-state index contributed by atoms with van der Waals surface area (Å²) in [7, 11) is 1.22. The predicted octanol–water partition coefficient (Wildman–Crippen LogP) is 3.08. The first kappa shape index (κ1) is 19.8. The van der Waals surface area contributed by atoms with Gasteiger partial charge in [0.05, 0.1) is 28.9 Å². The third kappa shape index (κ3) is 4.13. The van der Waals surface area contributed by atoms with Gasteiger partial charge in [0.15, 0.2) is 0 Å². The highest BCUT2D eigenvalue weighted by Crippen LogP contribution is 2.30. The number of amides is 1. The first-order valence-corrected chi connectivity index (χ1v) is 8.81. The van der Waals surface area contributed by atoms with E-state index in [0.29, 0.717) is 10.7 Å². The summed E-state index contributed by atoms with van der Waals surface area (Å²) in [5.41, 5.74) is 1.84. The van der Waals surface area contributed by atoms with Crippen LogP contribution in [-0.2, 0) is 14.3 Å². The van der Waals surface area contributed by atoms with E-state index in [1.807, 2.05) is 13.8 Å². The van der Waals surface area contributed by atoms with Gasteiger partial charge in [-0.05, 0) is 38.1 Å². The van der Waals surface area contributed by atoms with E-state index in [-0.39, 0.29) is 22.6 Å². The second kappa shape index (κ2) is 7.95. The molecule has 0 atom stereocenters. The Morgan fingerprint density at radius 1 is 1.18 bits per heavy atom. The fraction of sp³-hybridized carbons (Fsp3) is 0.167. The number of benzene rings is 1. The number of carbonyl (C=O) groups excluding carboxylic acids is 2. The number of aryl methyl sites for hydroxylation is 2. The summed E-state index contributed by atoms with van der Waals surface area (Å²) in [6.07, 6.45) is 1.04. The summed E-state index contributed by atoms with van der Waals surface area (Å²) >= 11 is 12.1. The molecule has 8 nitrogen and oxygen atoms in total. The predicted molar refractivity (Wildman–Crippen MR) is 106 cm³/mol. The SMILES string of the molecule is COC(=O)/C=C1\NC(=Nc2nc(C)cc(C)n2)N(c2ccc(Cl)c(Cl)c2)C1=O. The van der Waals surface area contributed by atoms with E-state index in [9.17, 15) is 9.59 Å². The molecule has 1 N–H and O–H groups in total. The molecular weight excluding hydrogens is 405 g/mol. The smallest absolute Gasteiger partial charge is 0.332 e. The molecule has 10 heteroatoms. The second-order valence-electron chi connectivity index (χ2n) is 5.83. The fourth-order valence-electron chi connectivity index (χ4n) is 2.51. The number of halogens is 2. The van der Waals surface area contributed by atoms with Gasteiger partial charge in [0.25, 0.3) is 11.9 Å². The number of rotatable bonds is 3. The number of methoxy groups -OCH3 is 1. The van der Waals surface area contributed by atoms with Gasteiger partial charge in [-0.15, -0.1) is 0 Å². The molecule has 0 saturated carbocycles. The maximum absolute atomic E-state index is 12.9. The van der Waals surface area contributed by atoms with Gasteiger partial charge < -0.3 is 10.1 Å². The molecule has 144 valence electrons. The number of anilines is 1. The Hall–Kier alpha value is -2.97. The Bertz CT molecular complexity index is 1020. The minimum atomic E-state index is -0.686. The highest BCUT2D eigenvalue weighted by Gasteiger charge is 2.34. The maximum Gasteiger partial charge on any atom is 0.332 e. The van der Waals surface area contributed by atoms with Crippen LogP contribution in [-0.4, -0.2) is 34.9 Å². The number of nitrogens with one attached hydrogen (secondary N) is 1. The molecule has 1 aromatic carbocycles. The normalized spacial score (nSPS) is 16.6. The van der Waals surface area contributed by atoms with Crippen LogP contribution in [0.1, 0.15) is 11.4 Å². The van der Waals surface area contributed by atoms with Crippen molar-refractivity contribution < 1.29 is 14.3 Å². The third-order valence-electron chi connectivity index (χ3n) is 3.69. The first-order chi connectivity index (χ1) is 13.3. The molecule has 1 saturated heterocycles. The van der Waals surface area contributed by atoms with Crippen LogP contribution in [0.3, 0.4) is 0 Å². The molecule has 1 fully saturated rings. The van der Waals surface area contributed by atoms with Crippen molar-refractivity contribution in [2.45, 2.75) is 13.8 Å². The lowest BCUT2D eigenvalue weighted by molar-refractivity contribution is -0.135. The summed E-state index contributed by atoms with van der Waals surface area (Å²) in [5, 5.41) is 3.41. The van der Waals surface area contributed by atoms with Crippen LogP contribution in [0.4, 0.5) is 11.6 Å². The van der Waals surface area contributed by atoms with Crippen LogP contribution >= 0.6 is 23.2 Å². The summed E-state index contributed by atoms with van der Waals surface area (Å²) < 4.78 is 4.59. The largest absolute Gasteiger partial charge is 0.466 e. The maximum atomic E-state index is 12.9. The number of nitrogens with zero attached hydrogens (tertiary/aromatic N) is 4. The van der Waals surface area contributed by atoms with E-state index < -0.39 is 11.9 Å². The number of aliphatic imine (C=N–C) groups is 1. The Balaban J connectivity index is 2.11. The molecular formula is C18H15Cl2N5O3. The van der Waals surface area contributed by atoms with Crippen LogP contribution in [0, 0.1) is 13.8 Å². The van der Waals surface area contributed by atoms with Crippen molar-refractivity contribution in [3.63, 3.8) is 0 Å². The molecule has 3 rings (SSSR count). The summed E-state index contributed by atoms with van der Waals surface area (Å²) in [5.74, 6) is -0.929. The van der Waals surface area contributed by atoms with Crippen molar-refractivity contribution in [2.24, 2.45) is 4.99 Å². The molecule has 1 aliphatic heterocycles. The zero-order valence-electron chi connectivity index (χ0n) is 15.2. The van der Waals surface area contributed by atoms with E-state index in [2.05, 4.69) is 25.0 Å². The number of carbonyl (C=O) groups is 2. The molecule has 0 bridgehead atoms. The van der Waals surface area contributed by atoms with Crippen LogP contribution < -0.4 is 10.2 Å². The van der Waals surface area contributed by atoms with E-state index in [1.54, 1.807) is 18.2 Å². The van der Waals surface area contributed by atoms with E-state index in [4.69, 9.17) is 23.2 Å². The van der Waals surface area contributed by atoms with Crippen molar-refractivity contribution >= 4 is 52.7 Å². The van der Waals surface area contributed by atoms with Crippen molar-refractivity contribution in [3.05, 3.63) is 57.5 Å². The van der Waals surface area contributed by atoms with Gasteiger partial charge in [0, 0.05) is 11.4 Å². The Labute approximate surface area is 170 Å². The topological polar surface area (TPSA) is 96.8 Å². The molecule has 0 spiro atoms. The van der Waals surface area contributed by atoms with E-state index >= 15 is 0 Å². The Kier molecular flexibility index (Phi) is 5.62. The molecule has 1 amide bonds. The zero-order chi connectivity index (χ0) is 20.4. The summed E-state index contributed by atoms with van der Waals surface area (Å²) in [6, 6.07) is 6.48. The molecule has 0 radical (unpaired) electrons. The summed E-state index contributed by atoms with van der Waals surface area (Å²) in [6.45, 7) is 3.62. The van der Waals surface area contributed by atoms with Crippen LogP contribution in [0.2, 0.25) is 10.0 Å². The first-order valence-electron chi connectivity index (χ1n) is 8.05. The molecule has 0 unspecified atom stereocenters. The quantitative estimate of drug-likeness (QED) is 0.606. The van der Waals surface area contributed by atoms with Crippen LogP contribution in [0.25, 0.3) is 0 Å². The average Bonchev–Trinajstić information content (AvgIpc) is 2.91. The van der Waals surface area contributed by atoms with Gasteiger partial charge in [-0.1, -0.05) is 23.2 Å². The van der Waals surface area contributed by atoms with Gasteiger partial charge >= 0.3 is 5.97 Å². The number of aromatic nitrogens is 2. The highest BCUT2D eigenvalue weighted by atomic mass is 35.5. The summed E-state index contributed by atoms with van der Waals surface area (Å²) in [4.78, 5) is 38.6. The van der Waals surface area contributed by atoms with Crippen LogP contribution in [0.5, 0.6) is 0 Å². The molecule has 2 aromatic rings. The average molecular weight is 420 g/mol. The number of hydrogen-bond donors (Lipinski definition) is 1. The monoisotopic (exact) mass is 419 g/mol. The minimum absolute atomic E-state index is 0.0129. The van der Waals surface area contributed by atoms with E-state index in [0.717, 1.165) is 17.5 Å². The van der Waals surface area contributed by atoms with Crippen molar-refractivity contribution in [1.29, 1.82) is 0 Å². The van der Waals surface area contributed by atoms with Gasteiger partial charge in [-0.3, -0.25) is 4.79 Å². The van der Waals surface area contributed by atoms with Crippen molar-refractivity contribution in [2.75, 3.05) is 12.0 Å². The molecule has 28 heavy (non-hydrogen) atoms. The van der Waals surface area contributed by atoms with Crippen molar-refractivity contribution in [1.82, 2.24) is 15.3 Å². The van der Waals surface area contributed by atoms with Crippen molar-refractivity contribution in [3.8, 4) is 0 Å². The zero-order valence-corrected chi connectivity index (χ0v) is 16.7. The third-order valence-corrected chi connectivity index (χ3v) is 4.43. The molecule has 0 aliphatic carbocycles. The Morgan fingerprint density at radius 2 is 1.86 bits per heavy atom. The van der Waals surface area contributed by atoms with Crippen LogP contribution in [0.15, 0.2) is 41.0 Å².